The van der Waals surface area contributed by atoms with Crippen molar-refractivity contribution in [1.29, 1.82) is 0 Å². The van der Waals surface area contributed by atoms with E-state index in [0.717, 1.165) is 35.8 Å². The van der Waals surface area contributed by atoms with E-state index in [1.807, 2.05) is 12.1 Å². The maximum absolute atomic E-state index is 13.2. The summed E-state index contributed by atoms with van der Waals surface area (Å²) < 4.78 is 42.3. The van der Waals surface area contributed by atoms with Crippen LogP contribution in [0.1, 0.15) is 77.5 Å². The van der Waals surface area contributed by atoms with Gasteiger partial charge < -0.3 is 20.5 Å². The summed E-state index contributed by atoms with van der Waals surface area (Å²) in [5.41, 5.74) is 3.48. The quantitative estimate of drug-likeness (QED) is 0.143. The molecule has 9 nitrogen and oxygen atoms in total. The first kappa shape index (κ1) is 31.8. The number of halogens is 3. The highest BCUT2D eigenvalue weighted by molar-refractivity contribution is 7.22. The van der Waals surface area contributed by atoms with Crippen molar-refractivity contribution in [3.8, 4) is 5.75 Å². The van der Waals surface area contributed by atoms with Crippen LogP contribution in [0.3, 0.4) is 0 Å². The van der Waals surface area contributed by atoms with E-state index in [-0.39, 0.29) is 23.8 Å². The zero-order valence-electron chi connectivity index (χ0n) is 24.0. The number of hydrogen-bond acceptors (Lipinski definition) is 6. The number of aliphatic carboxylic acids is 1. The molecular formula is C32H31F3N4O5S. The van der Waals surface area contributed by atoms with E-state index >= 15 is 0 Å². The molecule has 0 spiro atoms. The average Bonchev–Trinajstić information content (AvgIpc) is 3.41. The first-order valence-corrected chi connectivity index (χ1v) is 15.3. The SMILES string of the molecule is O=C(O)CCNC(=O)c1ccc(C(NC(=O)Nc2nc3ccc(OC(F)(F)F)cc3s2)c2ccc(C3CCCCC3)cc2)cc1. The fourth-order valence-electron chi connectivity index (χ4n) is 5.39. The number of thiazole rings is 1. The first-order valence-electron chi connectivity index (χ1n) is 14.5. The van der Waals surface area contributed by atoms with Crippen molar-refractivity contribution in [2.75, 3.05) is 11.9 Å². The second-order valence-corrected chi connectivity index (χ2v) is 11.8. The van der Waals surface area contributed by atoms with Gasteiger partial charge in [-0.1, -0.05) is 67.0 Å². The van der Waals surface area contributed by atoms with E-state index in [0.29, 0.717) is 27.3 Å². The highest BCUT2D eigenvalue weighted by Gasteiger charge is 2.31. The summed E-state index contributed by atoms with van der Waals surface area (Å²) in [6, 6.07) is 17.3. The Morgan fingerprint density at radius 2 is 1.62 bits per heavy atom. The predicted octanol–water partition coefficient (Wildman–Crippen LogP) is 7.36. The lowest BCUT2D eigenvalue weighted by Gasteiger charge is -2.24. The zero-order chi connectivity index (χ0) is 32.0. The summed E-state index contributed by atoms with van der Waals surface area (Å²) in [6.07, 6.45) is 0.923. The number of anilines is 1. The number of benzene rings is 3. The molecule has 0 aliphatic heterocycles. The number of carbonyl (C=O) groups excluding carboxylic acids is 2. The Labute approximate surface area is 260 Å². The summed E-state index contributed by atoms with van der Waals surface area (Å²) in [6.45, 7) is -0.00392. The summed E-state index contributed by atoms with van der Waals surface area (Å²) >= 11 is 1.00. The molecule has 1 aliphatic rings. The van der Waals surface area contributed by atoms with E-state index < -0.39 is 30.3 Å². The Balaban J connectivity index is 1.34. The van der Waals surface area contributed by atoms with Crippen LogP contribution in [0.5, 0.6) is 5.75 Å². The number of fused-ring (bicyclic) bond motifs is 1. The molecular weight excluding hydrogens is 609 g/mol. The van der Waals surface area contributed by atoms with Crippen molar-refractivity contribution < 1.29 is 37.4 Å². The third-order valence-corrected chi connectivity index (χ3v) is 8.50. The largest absolute Gasteiger partial charge is 0.573 e. The van der Waals surface area contributed by atoms with E-state index in [4.69, 9.17) is 5.11 Å². The molecule has 4 N–H and O–H groups in total. The van der Waals surface area contributed by atoms with Crippen LogP contribution in [-0.4, -0.2) is 40.9 Å². The van der Waals surface area contributed by atoms with Crippen LogP contribution in [0.2, 0.25) is 0 Å². The van der Waals surface area contributed by atoms with Crippen LogP contribution in [0, 0.1) is 0 Å². The Bertz CT molecular complexity index is 1650. The van der Waals surface area contributed by atoms with Crippen LogP contribution in [0.15, 0.2) is 66.7 Å². The molecule has 1 aromatic heterocycles. The Morgan fingerprint density at radius 1 is 0.956 bits per heavy atom. The van der Waals surface area contributed by atoms with Gasteiger partial charge in [-0.05, 0) is 59.7 Å². The van der Waals surface area contributed by atoms with E-state index in [2.05, 4.69) is 37.8 Å². The third kappa shape index (κ3) is 8.72. The van der Waals surface area contributed by atoms with Gasteiger partial charge in [-0.25, -0.2) is 9.78 Å². The molecule has 1 unspecified atom stereocenters. The second-order valence-electron chi connectivity index (χ2n) is 10.8. The third-order valence-electron chi connectivity index (χ3n) is 7.57. The Kier molecular flexibility index (Phi) is 9.87. The molecule has 5 rings (SSSR count). The number of urea groups is 1. The number of amides is 3. The van der Waals surface area contributed by atoms with Gasteiger partial charge in [0.25, 0.3) is 5.91 Å². The number of carboxylic acid groups (broad SMARTS) is 1. The van der Waals surface area contributed by atoms with Crippen LogP contribution >= 0.6 is 11.3 Å². The van der Waals surface area contributed by atoms with Gasteiger partial charge >= 0.3 is 18.4 Å². The molecule has 1 atom stereocenters. The molecule has 236 valence electrons. The van der Waals surface area contributed by atoms with Gasteiger partial charge in [0.1, 0.15) is 5.75 Å². The normalized spacial score (nSPS) is 14.5. The second kappa shape index (κ2) is 14.0. The number of rotatable bonds is 10. The van der Waals surface area contributed by atoms with Crippen LogP contribution in [0.4, 0.5) is 23.1 Å². The van der Waals surface area contributed by atoms with E-state index in [1.165, 1.54) is 37.0 Å². The van der Waals surface area contributed by atoms with E-state index in [9.17, 15) is 27.6 Å². The summed E-state index contributed by atoms with van der Waals surface area (Å²) in [4.78, 5) is 40.7. The number of nitrogens with one attached hydrogen (secondary N) is 3. The number of carboxylic acids is 1. The number of hydrogen-bond donors (Lipinski definition) is 4. The summed E-state index contributed by atoms with van der Waals surface area (Å²) in [5.74, 6) is -1.31. The summed E-state index contributed by atoms with van der Waals surface area (Å²) in [7, 11) is 0. The lowest BCUT2D eigenvalue weighted by Crippen LogP contribution is -2.33. The monoisotopic (exact) mass is 640 g/mol. The van der Waals surface area contributed by atoms with E-state index in [1.54, 1.807) is 24.3 Å². The minimum Gasteiger partial charge on any atom is -0.481 e. The minimum atomic E-state index is -4.83. The summed E-state index contributed by atoms with van der Waals surface area (Å²) in [5, 5.41) is 17.2. The lowest BCUT2D eigenvalue weighted by atomic mass is 9.83. The highest BCUT2D eigenvalue weighted by atomic mass is 32.1. The van der Waals surface area contributed by atoms with Crippen molar-refractivity contribution >= 4 is 44.6 Å². The van der Waals surface area contributed by atoms with Crippen LogP contribution < -0.4 is 20.7 Å². The van der Waals surface area contributed by atoms with Gasteiger partial charge in [0.2, 0.25) is 0 Å². The number of carbonyl (C=O) groups is 3. The number of ether oxygens (including phenoxy) is 1. The van der Waals surface area contributed by atoms with Crippen molar-refractivity contribution in [1.82, 2.24) is 15.6 Å². The lowest BCUT2D eigenvalue weighted by molar-refractivity contribution is -0.274. The molecule has 45 heavy (non-hydrogen) atoms. The van der Waals surface area contributed by atoms with Crippen molar-refractivity contribution in [3.05, 3.63) is 89.0 Å². The van der Waals surface area contributed by atoms with Crippen molar-refractivity contribution in [2.45, 2.75) is 56.8 Å². The molecule has 1 fully saturated rings. The maximum atomic E-state index is 13.2. The Hall–Kier alpha value is -4.65. The fourth-order valence-corrected chi connectivity index (χ4v) is 6.28. The fraction of sp³-hybridized carbons (Fsp3) is 0.312. The molecule has 3 aromatic carbocycles. The smallest absolute Gasteiger partial charge is 0.481 e. The molecule has 1 saturated carbocycles. The van der Waals surface area contributed by atoms with Crippen LogP contribution in [-0.2, 0) is 4.79 Å². The first-order chi connectivity index (χ1) is 21.5. The van der Waals surface area contributed by atoms with Gasteiger partial charge in [-0.15, -0.1) is 13.2 Å². The molecule has 13 heteroatoms. The minimum absolute atomic E-state index is 0.00392. The average molecular weight is 641 g/mol. The molecule has 0 bridgehead atoms. The van der Waals surface area contributed by atoms with Crippen molar-refractivity contribution in [2.24, 2.45) is 0 Å². The van der Waals surface area contributed by atoms with Crippen molar-refractivity contribution in [3.63, 3.8) is 0 Å². The number of aromatic nitrogens is 1. The molecule has 0 saturated heterocycles. The molecule has 0 radical (unpaired) electrons. The van der Waals surface area contributed by atoms with Gasteiger partial charge in [0.15, 0.2) is 5.13 Å². The maximum Gasteiger partial charge on any atom is 0.573 e. The predicted molar refractivity (Wildman–Crippen MR) is 164 cm³/mol. The molecule has 1 heterocycles. The zero-order valence-corrected chi connectivity index (χ0v) is 24.8. The standard InChI is InChI=1S/C32H31F3N4O5S/c33-32(34,35)44-24-14-15-25-26(18-24)45-31(37-25)39-30(43)38-28(21-8-6-20(7-9-21)19-4-2-1-3-5-19)22-10-12-23(13-11-22)29(42)36-17-16-27(40)41/h6-15,18-19,28H,1-5,16-17H2,(H,36,42)(H,40,41)(H2,37,38,39,43). The molecule has 4 aromatic rings. The van der Waals surface area contributed by atoms with Gasteiger partial charge in [-0.2, -0.15) is 0 Å². The number of nitrogens with zero attached hydrogens (tertiary/aromatic N) is 1. The van der Waals surface area contributed by atoms with Gasteiger partial charge in [-0.3, -0.25) is 14.9 Å². The molecule has 1 aliphatic carbocycles. The number of alkyl halides is 3. The Morgan fingerprint density at radius 3 is 2.27 bits per heavy atom. The van der Waals surface area contributed by atoms with Crippen LogP contribution in [0.25, 0.3) is 10.2 Å². The topological polar surface area (TPSA) is 130 Å². The highest BCUT2D eigenvalue weighted by Crippen LogP contribution is 2.34. The van der Waals surface area contributed by atoms with Gasteiger partial charge in [0.05, 0.1) is 22.7 Å². The van der Waals surface area contributed by atoms with Gasteiger partial charge in [0, 0.05) is 18.2 Å². The molecule has 3 amide bonds.